The van der Waals surface area contributed by atoms with Crippen molar-refractivity contribution in [2.45, 2.75) is 32.7 Å². The highest BCUT2D eigenvalue weighted by molar-refractivity contribution is 6.32. The van der Waals surface area contributed by atoms with Crippen LogP contribution in [0, 0.1) is 0 Å². The lowest BCUT2D eigenvalue weighted by molar-refractivity contribution is -0.121. The van der Waals surface area contributed by atoms with E-state index in [0.29, 0.717) is 23.8 Å². The second-order valence-electron chi connectivity index (χ2n) is 3.89. The van der Waals surface area contributed by atoms with Crippen LogP contribution in [-0.4, -0.2) is 23.5 Å². The molecule has 94 valence electrons. The highest BCUT2D eigenvalue weighted by Gasteiger charge is 2.05. The zero-order valence-corrected chi connectivity index (χ0v) is 10.9. The maximum Gasteiger partial charge on any atom is 0.221 e. The molecule has 0 saturated carbocycles. The molecule has 5 heteroatoms. The fourth-order valence-electron chi connectivity index (χ4n) is 1.26. The van der Waals surface area contributed by atoms with Crippen LogP contribution in [0.15, 0.2) is 18.3 Å². The lowest BCUT2D eigenvalue weighted by atomic mass is 10.2. The summed E-state index contributed by atoms with van der Waals surface area (Å²) in [7, 11) is 0. The van der Waals surface area contributed by atoms with Crippen molar-refractivity contribution in [1.82, 2.24) is 10.3 Å². The highest BCUT2D eigenvalue weighted by Crippen LogP contribution is 2.16. The third kappa shape index (κ3) is 5.04. The SMILES string of the molecule is CCC(C)NC(=O)CCNc1ncccc1Cl. The maximum atomic E-state index is 11.5. The first-order valence-corrected chi connectivity index (χ1v) is 6.15. The molecule has 0 bridgehead atoms. The van der Waals surface area contributed by atoms with E-state index in [1.54, 1.807) is 18.3 Å². The van der Waals surface area contributed by atoms with E-state index < -0.39 is 0 Å². The number of nitrogens with zero attached hydrogens (tertiary/aromatic N) is 1. The summed E-state index contributed by atoms with van der Waals surface area (Å²) in [5.74, 6) is 0.657. The number of pyridine rings is 1. The largest absolute Gasteiger partial charge is 0.368 e. The molecule has 4 nitrogen and oxygen atoms in total. The molecule has 1 aromatic rings. The van der Waals surface area contributed by atoms with Gasteiger partial charge in [0.2, 0.25) is 5.91 Å². The first-order chi connectivity index (χ1) is 8.13. The predicted molar refractivity (Wildman–Crippen MR) is 70.2 cm³/mol. The van der Waals surface area contributed by atoms with Gasteiger partial charge in [0.05, 0.1) is 5.02 Å². The number of nitrogens with one attached hydrogen (secondary N) is 2. The van der Waals surface area contributed by atoms with Crippen molar-refractivity contribution in [3.05, 3.63) is 23.4 Å². The average molecular weight is 256 g/mol. The molecule has 2 N–H and O–H groups in total. The average Bonchev–Trinajstić information content (AvgIpc) is 2.31. The van der Waals surface area contributed by atoms with Gasteiger partial charge in [0.25, 0.3) is 0 Å². The van der Waals surface area contributed by atoms with Crippen molar-refractivity contribution in [3.8, 4) is 0 Å². The van der Waals surface area contributed by atoms with Crippen LogP contribution in [0.1, 0.15) is 26.7 Å². The Hall–Kier alpha value is -1.29. The van der Waals surface area contributed by atoms with Crippen molar-refractivity contribution < 1.29 is 4.79 Å². The van der Waals surface area contributed by atoms with Crippen LogP contribution < -0.4 is 10.6 Å². The first kappa shape index (κ1) is 13.8. The zero-order chi connectivity index (χ0) is 12.7. The molecule has 0 aliphatic carbocycles. The van der Waals surface area contributed by atoms with Gasteiger partial charge in [0, 0.05) is 25.2 Å². The lowest BCUT2D eigenvalue weighted by Crippen LogP contribution is -2.33. The number of halogens is 1. The van der Waals surface area contributed by atoms with Gasteiger partial charge in [-0.05, 0) is 25.5 Å². The number of carbonyl (C=O) groups is 1. The molecule has 0 spiro atoms. The van der Waals surface area contributed by atoms with Gasteiger partial charge in [-0.25, -0.2) is 4.98 Å². The molecule has 1 atom stereocenters. The van der Waals surface area contributed by atoms with Gasteiger partial charge < -0.3 is 10.6 Å². The fraction of sp³-hybridized carbons (Fsp3) is 0.500. The number of aromatic nitrogens is 1. The molecule has 17 heavy (non-hydrogen) atoms. The van der Waals surface area contributed by atoms with Crippen molar-refractivity contribution in [2.75, 3.05) is 11.9 Å². The molecule has 1 amide bonds. The van der Waals surface area contributed by atoms with Crippen molar-refractivity contribution in [2.24, 2.45) is 0 Å². The molecule has 0 radical (unpaired) electrons. The van der Waals surface area contributed by atoms with Crippen LogP contribution >= 0.6 is 11.6 Å². The molecule has 1 aromatic heterocycles. The molecular formula is C12H18ClN3O. The van der Waals surface area contributed by atoms with Gasteiger partial charge >= 0.3 is 0 Å². The van der Waals surface area contributed by atoms with Crippen LogP contribution in [-0.2, 0) is 4.79 Å². The number of rotatable bonds is 6. The number of carbonyl (C=O) groups excluding carboxylic acids is 1. The molecule has 0 aliphatic rings. The Kier molecular flexibility index (Phi) is 5.77. The standard InChI is InChI=1S/C12H18ClN3O/c1-3-9(2)16-11(17)6-8-15-12-10(13)5-4-7-14-12/h4-5,7,9H,3,6,8H2,1-2H3,(H,14,15)(H,16,17). The predicted octanol–water partition coefficient (Wildman–Crippen LogP) is 2.45. The Labute approximate surface area is 107 Å². The Balaban J connectivity index is 2.29. The number of amides is 1. The van der Waals surface area contributed by atoms with Gasteiger partial charge in [0.15, 0.2) is 0 Å². The summed E-state index contributed by atoms with van der Waals surface area (Å²) in [5, 5.41) is 6.49. The minimum Gasteiger partial charge on any atom is -0.368 e. The van der Waals surface area contributed by atoms with E-state index >= 15 is 0 Å². The summed E-state index contributed by atoms with van der Waals surface area (Å²) in [6.45, 7) is 4.55. The molecular weight excluding hydrogens is 238 g/mol. The van der Waals surface area contributed by atoms with Crippen LogP contribution in [0.3, 0.4) is 0 Å². The summed E-state index contributed by atoms with van der Waals surface area (Å²) in [6, 6.07) is 3.75. The minimum absolute atomic E-state index is 0.0407. The second-order valence-corrected chi connectivity index (χ2v) is 4.29. The summed E-state index contributed by atoms with van der Waals surface area (Å²) < 4.78 is 0. The molecule has 1 rings (SSSR count). The minimum atomic E-state index is 0.0407. The fourth-order valence-corrected chi connectivity index (χ4v) is 1.45. The summed E-state index contributed by atoms with van der Waals surface area (Å²) in [4.78, 5) is 15.6. The lowest BCUT2D eigenvalue weighted by Gasteiger charge is -2.11. The number of hydrogen-bond donors (Lipinski definition) is 2. The van der Waals surface area contributed by atoms with Gasteiger partial charge in [-0.1, -0.05) is 18.5 Å². The van der Waals surface area contributed by atoms with E-state index in [4.69, 9.17) is 11.6 Å². The van der Waals surface area contributed by atoms with Gasteiger partial charge in [0.1, 0.15) is 5.82 Å². The van der Waals surface area contributed by atoms with Gasteiger partial charge in [-0.15, -0.1) is 0 Å². The van der Waals surface area contributed by atoms with Crippen LogP contribution in [0.25, 0.3) is 0 Å². The topological polar surface area (TPSA) is 54.0 Å². The first-order valence-electron chi connectivity index (χ1n) is 5.77. The van der Waals surface area contributed by atoms with E-state index in [-0.39, 0.29) is 11.9 Å². The zero-order valence-electron chi connectivity index (χ0n) is 10.2. The maximum absolute atomic E-state index is 11.5. The van der Waals surface area contributed by atoms with E-state index in [1.807, 2.05) is 13.8 Å². The second kappa shape index (κ2) is 7.12. The Morgan fingerprint density at radius 1 is 1.59 bits per heavy atom. The Bertz CT molecular complexity index is 371. The quantitative estimate of drug-likeness (QED) is 0.821. The monoisotopic (exact) mass is 255 g/mol. The van der Waals surface area contributed by atoms with Crippen molar-refractivity contribution in [1.29, 1.82) is 0 Å². The van der Waals surface area contributed by atoms with Gasteiger partial charge in [-0.3, -0.25) is 4.79 Å². The van der Waals surface area contributed by atoms with E-state index in [1.165, 1.54) is 0 Å². The highest BCUT2D eigenvalue weighted by atomic mass is 35.5. The van der Waals surface area contributed by atoms with E-state index in [9.17, 15) is 4.79 Å². The third-order valence-corrected chi connectivity index (χ3v) is 2.73. The van der Waals surface area contributed by atoms with E-state index in [0.717, 1.165) is 6.42 Å². The van der Waals surface area contributed by atoms with Crippen molar-refractivity contribution in [3.63, 3.8) is 0 Å². The van der Waals surface area contributed by atoms with Crippen LogP contribution in [0.5, 0.6) is 0 Å². The van der Waals surface area contributed by atoms with Crippen LogP contribution in [0.4, 0.5) is 5.82 Å². The summed E-state index contributed by atoms with van der Waals surface area (Å²) in [6.07, 6.45) is 3.01. The third-order valence-electron chi connectivity index (χ3n) is 2.42. The molecule has 0 aromatic carbocycles. The molecule has 0 aliphatic heterocycles. The Morgan fingerprint density at radius 3 is 3.00 bits per heavy atom. The molecule has 1 unspecified atom stereocenters. The Morgan fingerprint density at radius 2 is 2.35 bits per heavy atom. The smallest absolute Gasteiger partial charge is 0.221 e. The van der Waals surface area contributed by atoms with Crippen LogP contribution in [0.2, 0.25) is 5.02 Å². The van der Waals surface area contributed by atoms with E-state index in [2.05, 4.69) is 15.6 Å². The summed E-state index contributed by atoms with van der Waals surface area (Å²) in [5.41, 5.74) is 0. The van der Waals surface area contributed by atoms with Gasteiger partial charge in [-0.2, -0.15) is 0 Å². The number of hydrogen-bond acceptors (Lipinski definition) is 3. The molecule has 0 fully saturated rings. The number of anilines is 1. The molecule has 0 saturated heterocycles. The summed E-state index contributed by atoms with van der Waals surface area (Å²) >= 11 is 5.92. The normalized spacial score (nSPS) is 11.9. The van der Waals surface area contributed by atoms with Crippen molar-refractivity contribution >= 4 is 23.3 Å². The molecule has 1 heterocycles.